The van der Waals surface area contributed by atoms with Crippen LogP contribution in [0.25, 0.3) is 11.1 Å². The molecule has 2 aliphatic carbocycles. The molecule has 0 aromatic heterocycles. The molecule has 40 heavy (non-hydrogen) atoms. The van der Waals surface area contributed by atoms with Crippen LogP contribution in [-0.4, -0.2) is 0 Å². The molecular formula is C40H42. The Morgan fingerprint density at radius 1 is 0.700 bits per heavy atom. The highest BCUT2D eigenvalue weighted by Gasteiger charge is 2.37. The van der Waals surface area contributed by atoms with Crippen molar-refractivity contribution in [3.05, 3.63) is 167 Å². The van der Waals surface area contributed by atoms with Crippen LogP contribution in [0, 0.1) is 11.3 Å². The van der Waals surface area contributed by atoms with E-state index in [1.807, 2.05) is 18.2 Å². The number of allylic oxidation sites excluding steroid dienone is 6. The van der Waals surface area contributed by atoms with Gasteiger partial charge >= 0.3 is 0 Å². The lowest BCUT2D eigenvalue weighted by molar-refractivity contribution is 0.355. The van der Waals surface area contributed by atoms with Crippen LogP contribution >= 0.6 is 0 Å². The number of hydrogen-bond acceptors (Lipinski definition) is 0. The summed E-state index contributed by atoms with van der Waals surface area (Å²) in [4.78, 5) is 0. The van der Waals surface area contributed by atoms with Gasteiger partial charge < -0.3 is 0 Å². The molecule has 0 radical (unpaired) electrons. The fraction of sp³-hybridized carbons (Fsp3) is 0.250. The molecule has 0 saturated heterocycles. The second-order valence-corrected chi connectivity index (χ2v) is 11.5. The van der Waals surface area contributed by atoms with Crippen molar-refractivity contribution in [3.8, 4) is 0 Å². The molecule has 0 nitrogen and oxygen atoms in total. The molecule has 0 fully saturated rings. The van der Waals surface area contributed by atoms with Gasteiger partial charge in [-0.05, 0) is 64.3 Å². The molecule has 0 spiro atoms. The maximum absolute atomic E-state index is 4.30. The van der Waals surface area contributed by atoms with Gasteiger partial charge in [-0.15, -0.1) is 11.5 Å². The molecule has 0 N–H and O–H groups in total. The standard InChI is InChI=1S/C20H20.C16H12.C4H10/c1-7-11-16-15(8-2)14(3)19(20(4,5)6)18-13-10-9-12-17(16)18;1-4-8-16-14(5-2)12(3)11-13-9-6-7-10-15(13)16;1-4(2)3/h9-10,12-13,19H,1-3H2,4-6H3;6-7,9-10H,1-3,11H2;4H,1-3H3. The normalized spacial score (nSPS) is 15.3. The van der Waals surface area contributed by atoms with Crippen LogP contribution in [-0.2, 0) is 6.42 Å². The zero-order valence-corrected chi connectivity index (χ0v) is 25.2. The Kier molecular flexibility index (Phi) is 11.2. The molecule has 2 aromatic carbocycles. The third kappa shape index (κ3) is 7.35. The molecule has 0 heteroatoms. The summed E-state index contributed by atoms with van der Waals surface area (Å²) in [5.41, 5.74) is 28.3. The summed E-state index contributed by atoms with van der Waals surface area (Å²) in [6, 6.07) is 16.6. The largest absolute Gasteiger partial charge is 0.119 e. The molecule has 0 bridgehead atoms. The monoisotopic (exact) mass is 522 g/mol. The first-order chi connectivity index (χ1) is 18.9. The van der Waals surface area contributed by atoms with Crippen LogP contribution in [0.5, 0.6) is 0 Å². The molecular weight excluding hydrogens is 480 g/mol. The van der Waals surface area contributed by atoms with E-state index in [-0.39, 0.29) is 11.3 Å². The second-order valence-electron chi connectivity index (χ2n) is 11.5. The first kappa shape index (κ1) is 31.8. The Morgan fingerprint density at radius 2 is 1.18 bits per heavy atom. The van der Waals surface area contributed by atoms with Crippen molar-refractivity contribution in [3.63, 3.8) is 0 Å². The molecule has 1 unspecified atom stereocenters. The first-order valence-corrected chi connectivity index (χ1v) is 13.6. The van der Waals surface area contributed by atoms with Gasteiger partial charge in [0, 0.05) is 28.2 Å². The topological polar surface area (TPSA) is 0 Å². The summed E-state index contributed by atoms with van der Waals surface area (Å²) in [7, 11) is 0. The fourth-order valence-corrected chi connectivity index (χ4v) is 4.99. The summed E-state index contributed by atoms with van der Waals surface area (Å²) < 4.78 is 0. The lowest BCUT2D eigenvalue weighted by Crippen LogP contribution is -2.25. The zero-order valence-electron chi connectivity index (χ0n) is 25.2. The van der Waals surface area contributed by atoms with Gasteiger partial charge in [0.05, 0.1) is 0 Å². The summed E-state index contributed by atoms with van der Waals surface area (Å²) in [5, 5.41) is 0. The molecule has 0 amide bonds. The Morgan fingerprint density at radius 3 is 1.68 bits per heavy atom. The van der Waals surface area contributed by atoms with Crippen molar-refractivity contribution in [2.24, 2.45) is 11.3 Å². The Bertz CT molecular complexity index is 1580. The Hall–Kier alpha value is -4.44. The maximum atomic E-state index is 4.30. The maximum Gasteiger partial charge on any atom is 0.0476 e. The van der Waals surface area contributed by atoms with Crippen LogP contribution in [0.1, 0.15) is 69.7 Å². The zero-order chi connectivity index (χ0) is 30.0. The third-order valence-electron chi connectivity index (χ3n) is 6.40. The quantitative estimate of drug-likeness (QED) is 0.302. The number of benzene rings is 2. The number of fused-ring (bicyclic) bond motifs is 2. The lowest BCUT2D eigenvalue weighted by atomic mass is 9.64. The van der Waals surface area contributed by atoms with Crippen LogP contribution in [0.3, 0.4) is 0 Å². The van der Waals surface area contributed by atoms with E-state index in [4.69, 9.17) is 0 Å². The minimum Gasteiger partial charge on any atom is -0.119 e. The highest BCUT2D eigenvalue weighted by atomic mass is 14.4. The average Bonchev–Trinajstić information content (AvgIpc) is 2.88. The molecule has 1 atom stereocenters. The Labute approximate surface area is 242 Å². The molecule has 0 heterocycles. The van der Waals surface area contributed by atoms with Crippen molar-refractivity contribution >= 4 is 11.1 Å². The van der Waals surface area contributed by atoms with E-state index in [1.54, 1.807) is 0 Å². The van der Waals surface area contributed by atoms with Crippen LogP contribution in [0.2, 0.25) is 0 Å². The van der Waals surface area contributed by atoms with Gasteiger partial charge in [0.1, 0.15) is 0 Å². The van der Waals surface area contributed by atoms with E-state index in [2.05, 4.69) is 146 Å². The summed E-state index contributed by atoms with van der Waals surface area (Å²) in [6.07, 6.45) is 0.844. The first-order valence-electron chi connectivity index (χ1n) is 13.6. The van der Waals surface area contributed by atoms with Gasteiger partial charge in [0.2, 0.25) is 0 Å². The SMILES string of the molecule is C=C=C=C1C(=C=C)C(=C)C(C(C)(C)C)c2ccccc21.C=C=C=C1C(=C=C)C(=C)Cc2ccccc21.CC(C)C. The molecule has 0 aliphatic heterocycles. The predicted octanol–water partition coefficient (Wildman–Crippen LogP) is 10.9. The molecule has 4 rings (SSSR count). The highest BCUT2D eigenvalue weighted by Crippen LogP contribution is 2.51. The van der Waals surface area contributed by atoms with E-state index in [0.29, 0.717) is 0 Å². The van der Waals surface area contributed by atoms with Crippen molar-refractivity contribution < 1.29 is 0 Å². The van der Waals surface area contributed by atoms with Gasteiger partial charge in [0.15, 0.2) is 0 Å². The highest BCUT2D eigenvalue weighted by molar-refractivity contribution is 5.88. The number of rotatable bonds is 0. The summed E-state index contributed by atoms with van der Waals surface area (Å²) >= 11 is 0. The van der Waals surface area contributed by atoms with Gasteiger partial charge in [0.25, 0.3) is 0 Å². The van der Waals surface area contributed by atoms with E-state index in [0.717, 1.165) is 56.9 Å². The minimum absolute atomic E-state index is 0.0821. The molecule has 0 saturated carbocycles. The van der Waals surface area contributed by atoms with Crippen molar-refractivity contribution in [2.75, 3.05) is 0 Å². The number of hydrogen-bond donors (Lipinski definition) is 0. The van der Waals surface area contributed by atoms with E-state index in [9.17, 15) is 0 Å². The smallest absolute Gasteiger partial charge is 0.0476 e. The van der Waals surface area contributed by atoms with Crippen molar-refractivity contribution in [2.45, 2.75) is 53.9 Å². The van der Waals surface area contributed by atoms with E-state index in [1.165, 1.54) is 11.1 Å². The third-order valence-corrected chi connectivity index (χ3v) is 6.40. The van der Waals surface area contributed by atoms with Crippen LogP contribution in [0.4, 0.5) is 0 Å². The second kappa shape index (κ2) is 14.1. The lowest BCUT2D eigenvalue weighted by Gasteiger charge is -2.38. The van der Waals surface area contributed by atoms with E-state index >= 15 is 0 Å². The van der Waals surface area contributed by atoms with Crippen LogP contribution < -0.4 is 0 Å². The van der Waals surface area contributed by atoms with Crippen molar-refractivity contribution in [1.82, 2.24) is 0 Å². The van der Waals surface area contributed by atoms with Crippen LogP contribution in [0.15, 0.2) is 145 Å². The minimum atomic E-state index is 0.0821. The summed E-state index contributed by atoms with van der Waals surface area (Å²) in [5.74, 6) is 1.08. The fourth-order valence-electron chi connectivity index (χ4n) is 4.99. The molecule has 2 aliphatic rings. The average molecular weight is 523 g/mol. The van der Waals surface area contributed by atoms with Gasteiger partial charge in [-0.3, -0.25) is 0 Å². The molecule has 202 valence electrons. The summed E-state index contributed by atoms with van der Waals surface area (Å²) in [6.45, 7) is 36.3. The van der Waals surface area contributed by atoms with Gasteiger partial charge in [-0.25, -0.2) is 0 Å². The van der Waals surface area contributed by atoms with Gasteiger partial charge in [-0.1, -0.05) is 139 Å². The van der Waals surface area contributed by atoms with Gasteiger partial charge in [-0.2, -0.15) is 0 Å². The van der Waals surface area contributed by atoms with Crippen molar-refractivity contribution in [1.29, 1.82) is 0 Å². The predicted molar refractivity (Wildman–Crippen MR) is 175 cm³/mol. The van der Waals surface area contributed by atoms with E-state index < -0.39 is 0 Å². The Balaban J connectivity index is 0.000000252. The molecule has 2 aromatic rings.